The average Bonchev–Trinajstić information content (AvgIpc) is 3.11. The van der Waals surface area contributed by atoms with Crippen LogP contribution in [0.5, 0.6) is 0 Å². The van der Waals surface area contributed by atoms with Gasteiger partial charge in [0.25, 0.3) is 0 Å². The molecule has 1 fully saturated rings. The van der Waals surface area contributed by atoms with Gasteiger partial charge in [0.1, 0.15) is 6.04 Å². The Balaban J connectivity index is 1.85. The van der Waals surface area contributed by atoms with Gasteiger partial charge in [-0.15, -0.1) is 0 Å². The summed E-state index contributed by atoms with van der Waals surface area (Å²) < 4.78 is 30.7. The molecule has 0 unspecified atom stereocenters. The molecule has 2 aromatic carbocycles. The van der Waals surface area contributed by atoms with Crippen LogP contribution in [0.25, 0.3) is 0 Å². The topological polar surface area (TPSA) is 63.7 Å². The molecule has 0 bridgehead atoms. The predicted molar refractivity (Wildman–Crippen MR) is 104 cm³/mol. The third-order valence-electron chi connectivity index (χ3n) is 5.32. The van der Waals surface area contributed by atoms with Crippen LogP contribution in [-0.4, -0.2) is 44.7 Å². The third-order valence-corrected chi connectivity index (χ3v) is 7.18. The quantitative estimate of drug-likeness (QED) is 0.713. The molecule has 5 nitrogen and oxygen atoms in total. The second kappa shape index (κ2) is 8.23. The maximum Gasteiger partial charge on any atom is 0.323 e. The monoisotopic (exact) mass is 387 g/mol. The first-order valence-corrected chi connectivity index (χ1v) is 10.8. The van der Waals surface area contributed by atoms with Crippen LogP contribution in [-0.2, 0) is 19.4 Å². The van der Waals surface area contributed by atoms with Gasteiger partial charge in [0.2, 0.25) is 0 Å². The van der Waals surface area contributed by atoms with Gasteiger partial charge < -0.3 is 4.74 Å². The van der Waals surface area contributed by atoms with E-state index in [9.17, 15) is 13.2 Å². The van der Waals surface area contributed by atoms with Crippen molar-refractivity contribution in [3.63, 3.8) is 0 Å². The normalized spacial score (nSPS) is 21.7. The number of benzene rings is 2. The number of carbonyl (C=O) groups is 1. The fourth-order valence-corrected chi connectivity index (χ4v) is 5.55. The molecule has 0 aliphatic carbocycles. The van der Waals surface area contributed by atoms with Gasteiger partial charge in [-0.1, -0.05) is 48.5 Å². The lowest BCUT2D eigenvalue weighted by atomic mass is 10.0. The Bertz CT molecular complexity index is 868. The van der Waals surface area contributed by atoms with Crippen LogP contribution in [0, 0.1) is 5.92 Å². The zero-order chi connectivity index (χ0) is 19.4. The van der Waals surface area contributed by atoms with Crippen LogP contribution in [0.1, 0.15) is 24.9 Å². The molecule has 1 aliphatic heterocycles. The zero-order valence-corrected chi connectivity index (χ0v) is 16.4. The Hall–Kier alpha value is -2.18. The molecule has 1 saturated heterocycles. The highest BCUT2D eigenvalue weighted by Crippen LogP contribution is 2.35. The summed E-state index contributed by atoms with van der Waals surface area (Å²) >= 11 is 0. The first kappa shape index (κ1) is 19.6. The second-order valence-corrected chi connectivity index (χ2v) is 8.97. The van der Waals surface area contributed by atoms with Gasteiger partial charge in [-0.2, -0.15) is 0 Å². The van der Waals surface area contributed by atoms with E-state index in [1.165, 1.54) is 7.11 Å². The van der Waals surface area contributed by atoms with Crippen molar-refractivity contribution < 1.29 is 17.9 Å². The Labute approximate surface area is 160 Å². The van der Waals surface area contributed by atoms with E-state index < -0.39 is 15.9 Å². The van der Waals surface area contributed by atoms with Crippen LogP contribution in [0.2, 0.25) is 0 Å². The minimum atomic E-state index is -3.47. The standard InChI is InChI=1S/C21H25NO4S/c1-16(17-9-5-3-6-10-17)22-14-13-18(20(22)21(23)26-2)15-27(24,25)19-11-7-4-8-12-19/h3-12,16,18,20H,13-15H2,1-2H3/t16-,18-,20-/m1/s1. The molecule has 0 saturated carbocycles. The SMILES string of the molecule is COC(=O)[C@H]1[C@@H](CS(=O)(=O)c2ccccc2)CCN1[C@H](C)c1ccccc1. The highest BCUT2D eigenvalue weighted by molar-refractivity contribution is 7.91. The van der Waals surface area contributed by atoms with Crippen molar-refractivity contribution >= 4 is 15.8 Å². The number of hydrogen-bond donors (Lipinski definition) is 0. The number of esters is 1. The molecule has 3 rings (SSSR count). The van der Waals surface area contributed by atoms with Crippen molar-refractivity contribution in [2.24, 2.45) is 5.92 Å². The lowest BCUT2D eigenvalue weighted by molar-refractivity contribution is -0.147. The second-order valence-electron chi connectivity index (χ2n) is 6.94. The van der Waals surface area contributed by atoms with Crippen molar-refractivity contribution in [1.82, 2.24) is 4.90 Å². The molecule has 0 N–H and O–H groups in total. The van der Waals surface area contributed by atoms with E-state index in [0.717, 1.165) is 5.56 Å². The van der Waals surface area contributed by atoms with Crippen molar-refractivity contribution in [3.05, 3.63) is 66.2 Å². The largest absolute Gasteiger partial charge is 0.468 e. The Morgan fingerprint density at radius 3 is 2.30 bits per heavy atom. The fraction of sp³-hybridized carbons (Fsp3) is 0.381. The molecular formula is C21H25NO4S. The smallest absolute Gasteiger partial charge is 0.323 e. The number of carbonyl (C=O) groups excluding carboxylic acids is 1. The molecule has 0 aromatic heterocycles. The summed E-state index contributed by atoms with van der Waals surface area (Å²) in [6.07, 6.45) is 0.642. The summed E-state index contributed by atoms with van der Waals surface area (Å²) in [6.45, 7) is 2.70. The summed E-state index contributed by atoms with van der Waals surface area (Å²) in [5.41, 5.74) is 1.10. The van der Waals surface area contributed by atoms with Gasteiger partial charge in [-0.3, -0.25) is 9.69 Å². The maximum atomic E-state index is 12.8. The number of methoxy groups -OCH3 is 1. The number of sulfone groups is 1. The van der Waals surface area contributed by atoms with Crippen molar-refractivity contribution in [1.29, 1.82) is 0 Å². The Kier molecular flexibility index (Phi) is 5.97. The van der Waals surface area contributed by atoms with Crippen molar-refractivity contribution in [2.75, 3.05) is 19.4 Å². The minimum Gasteiger partial charge on any atom is -0.468 e. The number of hydrogen-bond acceptors (Lipinski definition) is 5. The summed E-state index contributed by atoms with van der Waals surface area (Å²) in [5, 5.41) is 0. The van der Waals surface area contributed by atoms with Gasteiger partial charge in [0.05, 0.1) is 17.8 Å². The third kappa shape index (κ3) is 4.22. The first-order chi connectivity index (χ1) is 12.9. The highest BCUT2D eigenvalue weighted by atomic mass is 32.2. The first-order valence-electron chi connectivity index (χ1n) is 9.10. The molecule has 27 heavy (non-hydrogen) atoms. The van der Waals surface area contributed by atoms with Crippen molar-refractivity contribution in [2.45, 2.75) is 30.3 Å². The number of likely N-dealkylation sites (tertiary alicyclic amines) is 1. The molecule has 1 aliphatic rings. The average molecular weight is 388 g/mol. The van der Waals surface area contributed by atoms with E-state index in [1.807, 2.05) is 37.3 Å². The van der Waals surface area contributed by atoms with Gasteiger partial charge in [0.15, 0.2) is 9.84 Å². The Morgan fingerprint density at radius 2 is 1.70 bits per heavy atom. The van der Waals surface area contributed by atoms with E-state index in [2.05, 4.69) is 4.90 Å². The lowest BCUT2D eigenvalue weighted by Crippen LogP contribution is -2.43. The van der Waals surface area contributed by atoms with Crippen molar-refractivity contribution in [3.8, 4) is 0 Å². The van der Waals surface area contributed by atoms with E-state index >= 15 is 0 Å². The van der Waals surface area contributed by atoms with Gasteiger partial charge >= 0.3 is 5.97 Å². The van der Waals surface area contributed by atoms with Crippen LogP contribution in [0.15, 0.2) is 65.6 Å². The molecule has 0 radical (unpaired) electrons. The molecule has 6 heteroatoms. The van der Waals surface area contributed by atoms with Crippen LogP contribution >= 0.6 is 0 Å². The summed E-state index contributed by atoms with van der Waals surface area (Å²) in [7, 11) is -2.11. The number of rotatable bonds is 6. The minimum absolute atomic E-state index is 0.000251. The van der Waals surface area contributed by atoms with E-state index in [4.69, 9.17) is 4.74 Å². The van der Waals surface area contributed by atoms with Crippen LogP contribution in [0.4, 0.5) is 0 Å². The van der Waals surface area contributed by atoms with Gasteiger partial charge in [-0.05, 0) is 37.6 Å². The summed E-state index contributed by atoms with van der Waals surface area (Å²) in [6, 6.07) is 17.8. The predicted octanol–water partition coefficient (Wildman–Crippen LogP) is 3.09. The zero-order valence-electron chi connectivity index (χ0n) is 15.6. The molecule has 0 spiro atoms. The van der Waals surface area contributed by atoms with Crippen LogP contribution < -0.4 is 0 Å². The molecule has 1 heterocycles. The number of ether oxygens (including phenoxy) is 1. The number of nitrogens with zero attached hydrogens (tertiary/aromatic N) is 1. The van der Waals surface area contributed by atoms with Gasteiger partial charge in [0, 0.05) is 12.0 Å². The lowest BCUT2D eigenvalue weighted by Gasteiger charge is -2.31. The molecule has 2 aromatic rings. The molecular weight excluding hydrogens is 362 g/mol. The maximum absolute atomic E-state index is 12.8. The fourth-order valence-electron chi connectivity index (χ4n) is 3.87. The summed E-state index contributed by atoms with van der Waals surface area (Å²) in [5.74, 6) is -0.730. The molecule has 0 amide bonds. The van der Waals surface area contributed by atoms with E-state index in [0.29, 0.717) is 17.9 Å². The van der Waals surface area contributed by atoms with Crippen LogP contribution in [0.3, 0.4) is 0 Å². The molecule has 3 atom stereocenters. The van der Waals surface area contributed by atoms with E-state index in [-0.39, 0.29) is 23.7 Å². The highest BCUT2D eigenvalue weighted by Gasteiger charge is 2.44. The summed E-state index contributed by atoms with van der Waals surface area (Å²) in [4.78, 5) is 14.9. The molecule has 144 valence electrons. The Morgan fingerprint density at radius 1 is 1.11 bits per heavy atom. The van der Waals surface area contributed by atoms with Gasteiger partial charge in [-0.25, -0.2) is 8.42 Å². The van der Waals surface area contributed by atoms with E-state index in [1.54, 1.807) is 30.3 Å².